The molecule has 0 fully saturated rings. The number of aliphatic hydroxyl groups is 1. The minimum atomic E-state index is -0.446. The van der Waals surface area contributed by atoms with Gasteiger partial charge in [0.15, 0.2) is 11.5 Å². The second-order valence-electron chi connectivity index (χ2n) is 6.28. The third-order valence-corrected chi connectivity index (χ3v) is 3.47. The Labute approximate surface area is 127 Å². The smallest absolute Gasteiger partial charge is 0.165 e. The molecule has 21 heavy (non-hydrogen) atoms. The molecule has 0 unspecified atom stereocenters. The predicted molar refractivity (Wildman–Crippen MR) is 82.5 cm³/mol. The maximum Gasteiger partial charge on any atom is 0.165 e. The van der Waals surface area contributed by atoms with Crippen LogP contribution < -0.4 is 14.2 Å². The molecule has 4 nitrogen and oxygen atoms in total. The van der Waals surface area contributed by atoms with E-state index in [2.05, 4.69) is 27.7 Å². The van der Waals surface area contributed by atoms with Crippen molar-refractivity contribution < 1.29 is 19.3 Å². The van der Waals surface area contributed by atoms with Crippen molar-refractivity contribution in [1.82, 2.24) is 0 Å². The number of hydrogen-bond donors (Lipinski definition) is 1. The molecule has 0 amide bonds. The monoisotopic (exact) mass is 294 g/mol. The predicted octanol–water partition coefficient (Wildman–Crippen LogP) is 3.37. The summed E-state index contributed by atoms with van der Waals surface area (Å²) in [6, 6.07) is 3.87. The van der Waals surface area contributed by atoms with Gasteiger partial charge in [0.2, 0.25) is 0 Å². The fourth-order valence-electron chi connectivity index (χ4n) is 2.46. The Bertz CT molecular complexity index is 468. The topological polar surface area (TPSA) is 47.9 Å². The molecule has 1 aromatic rings. The first kappa shape index (κ1) is 16.0. The van der Waals surface area contributed by atoms with Crippen LogP contribution in [0, 0.1) is 5.92 Å². The van der Waals surface area contributed by atoms with Gasteiger partial charge in [0.25, 0.3) is 0 Å². The van der Waals surface area contributed by atoms with Gasteiger partial charge in [-0.2, -0.15) is 0 Å². The number of aliphatic hydroxyl groups excluding tert-OH is 1. The first-order chi connectivity index (χ1) is 9.97. The van der Waals surface area contributed by atoms with Crippen molar-refractivity contribution in [1.29, 1.82) is 0 Å². The summed E-state index contributed by atoms with van der Waals surface area (Å²) in [7, 11) is 0. The molecule has 1 N–H and O–H groups in total. The van der Waals surface area contributed by atoms with E-state index in [9.17, 15) is 5.11 Å². The summed E-state index contributed by atoms with van der Waals surface area (Å²) in [6.45, 7) is 9.85. The maximum atomic E-state index is 9.97. The Morgan fingerprint density at radius 2 is 1.71 bits per heavy atom. The van der Waals surface area contributed by atoms with E-state index in [1.165, 1.54) is 0 Å². The van der Waals surface area contributed by atoms with Crippen LogP contribution in [0.1, 0.15) is 45.6 Å². The van der Waals surface area contributed by atoms with Crippen molar-refractivity contribution in [3.05, 3.63) is 17.7 Å². The summed E-state index contributed by atoms with van der Waals surface area (Å²) in [5.41, 5.74) is 1.08. The molecule has 0 aliphatic carbocycles. The van der Waals surface area contributed by atoms with E-state index >= 15 is 0 Å². The SMILES string of the molecule is CC(C)C[C@@H](O)COc1cc2c(cc1C(C)C)OCCO2. The number of fused-ring (bicyclic) bond motifs is 1. The highest BCUT2D eigenvalue weighted by atomic mass is 16.6. The van der Waals surface area contributed by atoms with Gasteiger partial charge in [0.1, 0.15) is 25.6 Å². The Morgan fingerprint density at radius 1 is 1.10 bits per heavy atom. The van der Waals surface area contributed by atoms with Crippen LogP contribution in [-0.2, 0) is 0 Å². The second-order valence-corrected chi connectivity index (χ2v) is 6.28. The molecule has 0 saturated carbocycles. The van der Waals surface area contributed by atoms with E-state index in [0.717, 1.165) is 29.2 Å². The van der Waals surface area contributed by atoms with Gasteiger partial charge in [0.05, 0.1) is 6.10 Å². The fourth-order valence-corrected chi connectivity index (χ4v) is 2.46. The molecule has 0 aromatic heterocycles. The second kappa shape index (κ2) is 7.03. The van der Waals surface area contributed by atoms with Crippen LogP contribution in [0.5, 0.6) is 17.2 Å². The Balaban J connectivity index is 2.13. The van der Waals surface area contributed by atoms with E-state index in [0.29, 0.717) is 31.7 Å². The average molecular weight is 294 g/mol. The average Bonchev–Trinajstić information content (AvgIpc) is 2.43. The molecule has 0 spiro atoms. The third kappa shape index (κ3) is 4.27. The van der Waals surface area contributed by atoms with E-state index in [4.69, 9.17) is 14.2 Å². The first-order valence-electron chi connectivity index (χ1n) is 7.71. The lowest BCUT2D eigenvalue weighted by Gasteiger charge is -2.23. The Hall–Kier alpha value is -1.42. The largest absolute Gasteiger partial charge is 0.490 e. The molecule has 0 saturated heterocycles. The summed E-state index contributed by atoms with van der Waals surface area (Å²) in [4.78, 5) is 0. The van der Waals surface area contributed by atoms with Gasteiger partial charge in [-0.05, 0) is 24.3 Å². The van der Waals surface area contributed by atoms with Crippen molar-refractivity contribution in [3.8, 4) is 17.2 Å². The van der Waals surface area contributed by atoms with Crippen molar-refractivity contribution in [2.75, 3.05) is 19.8 Å². The van der Waals surface area contributed by atoms with E-state index in [-0.39, 0.29) is 0 Å². The molecular weight excluding hydrogens is 268 g/mol. The van der Waals surface area contributed by atoms with Crippen LogP contribution >= 0.6 is 0 Å². The van der Waals surface area contributed by atoms with Crippen LogP contribution in [0.15, 0.2) is 12.1 Å². The van der Waals surface area contributed by atoms with Gasteiger partial charge >= 0.3 is 0 Å². The summed E-state index contributed by atoms with van der Waals surface area (Å²) in [5, 5.41) is 9.97. The summed E-state index contributed by atoms with van der Waals surface area (Å²) in [6.07, 6.45) is 0.292. The normalized spacial score (nSPS) is 15.4. The van der Waals surface area contributed by atoms with Crippen LogP contribution in [0.2, 0.25) is 0 Å². The molecule has 1 aliphatic rings. The van der Waals surface area contributed by atoms with Gasteiger partial charge in [-0.1, -0.05) is 27.7 Å². The maximum absolute atomic E-state index is 9.97. The molecule has 4 heteroatoms. The van der Waals surface area contributed by atoms with Crippen LogP contribution in [0.4, 0.5) is 0 Å². The lowest BCUT2D eigenvalue weighted by molar-refractivity contribution is 0.0881. The quantitative estimate of drug-likeness (QED) is 0.874. The highest BCUT2D eigenvalue weighted by molar-refractivity contribution is 5.52. The molecule has 1 aliphatic heterocycles. The number of rotatable bonds is 6. The number of hydrogen-bond acceptors (Lipinski definition) is 4. The van der Waals surface area contributed by atoms with Crippen LogP contribution in [0.25, 0.3) is 0 Å². The van der Waals surface area contributed by atoms with Gasteiger partial charge in [-0.25, -0.2) is 0 Å². The molecule has 0 bridgehead atoms. The van der Waals surface area contributed by atoms with E-state index in [1.807, 2.05) is 12.1 Å². The zero-order valence-corrected chi connectivity index (χ0v) is 13.4. The Kier molecular flexibility index (Phi) is 5.34. The molecule has 1 atom stereocenters. The lowest BCUT2D eigenvalue weighted by Crippen LogP contribution is -2.20. The third-order valence-electron chi connectivity index (χ3n) is 3.47. The van der Waals surface area contributed by atoms with Crippen molar-refractivity contribution >= 4 is 0 Å². The molecule has 2 rings (SSSR count). The minimum absolute atomic E-state index is 0.303. The molecule has 1 heterocycles. The number of ether oxygens (including phenoxy) is 3. The number of benzene rings is 1. The van der Waals surface area contributed by atoms with Gasteiger partial charge in [-0.3, -0.25) is 0 Å². The zero-order chi connectivity index (χ0) is 15.4. The van der Waals surface area contributed by atoms with Gasteiger partial charge in [0, 0.05) is 11.6 Å². The highest BCUT2D eigenvalue weighted by Gasteiger charge is 2.19. The van der Waals surface area contributed by atoms with Crippen molar-refractivity contribution in [2.45, 2.75) is 46.1 Å². The molecule has 0 radical (unpaired) electrons. The van der Waals surface area contributed by atoms with Gasteiger partial charge < -0.3 is 19.3 Å². The first-order valence-corrected chi connectivity index (χ1v) is 7.71. The summed E-state index contributed by atoms with van der Waals surface area (Å²) >= 11 is 0. The van der Waals surface area contributed by atoms with Gasteiger partial charge in [-0.15, -0.1) is 0 Å². The molecule has 118 valence electrons. The fraction of sp³-hybridized carbons (Fsp3) is 0.647. The molecule has 1 aromatic carbocycles. The minimum Gasteiger partial charge on any atom is -0.490 e. The van der Waals surface area contributed by atoms with Crippen LogP contribution in [-0.4, -0.2) is 31.0 Å². The van der Waals surface area contributed by atoms with Crippen molar-refractivity contribution in [2.24, 2.45) is 5.92 Å². The highest BCUT2D eigenvalue weighted by Crippen LogP contribution is 2.39. The van der Waals surface area contributed by atoms with Crippen LogP contribution in [0.3, 0.4) is 0 Å². The molecular formula is C17H26O4. The lowest BCUT2D eigenvalue weighted by atomic mass is 10.0. The van der Waals surface area contributed by atoms with E-state index < -0.39 is 6.10 Å². The van der Waals surface area contributed by atoms with Crippen molar-refractivity contribution in [3.63, 3.8) is 0 Å². The standard InChI is InChI=1S/C17H26O4/c1-11(2)7-13(18)10-21-15-9-17-16(19-5-6-20-17)8-14(15)12(3)4/h8-9,11-13,18H,5-7,10H2,1-4H3/t13-/m1/s1. The Morgan fingerprint density at radius 3 is 2.29 bits per heavy atom. The summed E-state index contributed by atoms with van der Waals surface area (Å²) in [5.74, 6) is 3.04. The summed E-state index contributed by atoms with van der Waals surface area (Å²) < 4.78 is 17.1. The van der Waals surface area contributed by atoms with E-state index in [1.54, 1.807) is 0 Å². The zero-order valence-electron chi connectivity index (χ0n) is 13.4.